The molecule has 1 aliphatic rings. The predicted molar refractivity (Wildman–Crippen MR) is 60.9 cm³/mol. The van der Waals surface area contributed by atoms with Gasteiger partial charge in [0.25, 0.3) is 0 Å². The molecule has 0 spiro atoms. The number of alkyl halides is 2. The minimum absolute atomic E-state index is 0.0317. The molecular formula is C8H14Cl2N4. The van der Waals surface area contributed by atoms with Crippen LogP contribution in [0, 0.1) is 5.92 Å². The number of hydrogen-bond donors (Lipinski definition) is 2. The van der Waals surface area contributed by atoms with Crippen LogP contribution in [-0.2, 0) is 0 Å². The minimum Gasteiger partial charge on any atom is -0.369 e. The maximum absolute atomic E-state index is 6.11. The molecule has 0 aromatic rings. The highest BCUT2D eigenvalue weighted by atomic mass is 35.5. The van der Waals surface area contributed by atoms with Crippen molar-refractivity contribution in [3.8, 4) is 0 Å². The minimum atomic E-state index is -0.0608. The Kier molecular flexibility index (Phi) is 4.48. The molecule has 0 radical (unpaired) electrons. The Bertz CT molecular complexity index is 227. The fraction of sp³-hybridized carbons (Fsp3) is 0.750. The van der Waals surface area contributed by atoms with Crippen LogP contribution in [-0.4, -0.2) is 22.9 Å². The zero-order valence-corrected chi connectivity index (χ0v) is 9.25. The first-order valence-electron chi connectivity index (χ1n) is 4.51. The van der Waals surface area contributed by atoms with E-state index in [0.29, 0.717) is 0 Å². The van der Waals surface area contributed by atoms with E-state index in [4.69, 9.17) is 34.7 Å². The van der Waals surface area contributed by atoms with E-state index in [9.17, 15) is 0 Å². The molecule has 0 aromatic heterocycles. The smallest absolute Gasteiger partial charge is 0.211 e. The fourth-order valence-corrected chi connectivity index (χ4v) is 2.35. The van der Waals surface area contributed by atoms with Crippen LogP contribution in [0.3, 0.4) is 0 Å². The summed E-state index contributed by atoms with van der Waals surface area (Å²) in [5, 5.41) is 7.31. The third kappa shape index (κ3) is 3.35. The van der Waals surface area contributed by atoms with E-state index in [1.54, 1.807) is 6.21 Å². The molecule has 80 valence electrons. The molecule has 0 aromatic carbocycles. The number of guanidine groups is 1. The van der Waals surface area contributed by atoms with E-state index in [1.807, 2.05) is 0 Å². The van der Waals surface area contributed by atoms with Crippen LogP contribution < -0.4 is 11.5 Å². The lowest BCUT2D eigenvalue weighted by atomic mass is 9.89. The van der Waals surface area contributed by atoms with Gasteiger partial charge in [-0.05, 0) is 12.8 Å². The highest BCUT2D eigenvalue weighted by molar-refractivity contribution is 6.25. The third-order valence-corrected chi connectivity index (χ3v) is 3.23. The summed E-state index contributed by atoms with van der Waals surface area (Å²) in [6.07, 6.45) is 4.62. The van der Waals surface area contributed by atoms with Crippen LogP contribution >= 0.6 is 23.2 Å². The molecule has 1 rings (SSSR count). The molecule has 0 bridgehead atoms. The van der Waals surface area contributed by atoms with Gasteiger partial charge in [-0.1, -0.05) is 6.42 Å². The Morgan fingerprint density at radius 1 is 1.21 bits per heavy atom. The zero-order valence-electron chi connectivity index (χ0n) is 7.74. The van der Waals surface area contributed by atoms with Crippen molar-refractivity contribution in [2.24, 2.45) is 27.6 Å². The van der Waals surface area contributed by atoms with Gasteiger partial charge >= 0.3 is 0 Å². The lowest BCUT2D eigenvalue weighted by Gasteiger charge is -2.27. The lowest BCUT2D eigenvalue weighted by Crippen LogP contribution is -2.30. The molecule has 6 heteroatoms. The van der Waals surface area contributed by atoms with Gasteiger partial charge in [0.1, 0.15) is 0 Å². The number of rotatable bonds is 2. The van der Waals surface area contributed by atoms with Crippen molar-refractivity contribution in [2.45, 2.75) is 30.0 Å². The normalized spacial score (nSPS) is 33.1. The SMILES string of the molecule is NC(N)=N/N=C/C1C(Cl)CCCC1Cl. The molecule has 2 unspecified atom stereocenters. The average molecular weight is 237 g/mol. The summed E-state index contributed by atoms with van der Waals surface area (Å²) in [5.41, 5.74) is 10.3. The van der Waals surface area contributed by atoms with Crippen LogP contribution in [0.1, 0.15) is 19.3 Å². The van der Waals surface area contributed by atoms with Gasteiger partial charge in [-0.3, -0.25) is 0 Å². The second-order valence-electron chi connectivity index (χ2n) is 3.33. The quantitative estimate of drug-likeness (QED) is 0.328. The van der Waals surface area contributed by atoms with Crippen LogP contribution in [0.25, 0.3) is 0 Å². The van der Waals surface area contributed by atoms with E-state index in [-0.39, 0.29) is 22.6 Å². The summed E-state index contributed by atoms with van der Waals surface area (Å²) < 4.78 is 0. The highest BCUT2D eigenvalue weighted by Crippen LogP contribution is 2.31. The highest BCUT2D eigenvalue weighted by Gasteiger charge is 2.29. The molecule has 14 heavy (non-hydrogen) atoms. The predicted octanol–water partition coefficient (Wildman–Crippen LogP) is 1.26. The van der Waals surface area contributed by atoms with Gasteiger partial charge in [0.15, 0.2) is 0 Å². The van der Waals surface area contributed by atoms with Crippen molar-refractivity contribution in [2.75, 3.05) is 0 Å². The lowest BCUT2D eigenvalue weighted by molar-refractivity contribution is 0.459. The van der Waals surface area contributed by atoms with Crippen molar-refractivity contribution < 1.29 is 0 Å². The summed E-state index contributed by atoms with van der Waals surface area (Å²) in [7, 11) is 0. The number of nitrogens with zero attached hydrogens (tertiary/aromatic N) is 2. The summed E-state index contributed by atoms with van der Waals surface area (Å²) >= 11 is 12.2. The monoisotopic (exact) mass is 236 g/mol. The van der Waals surface area contributed by atoms with E-state index >= 15 is 0 Å². The number of nitrogens with two attached hydrogens (primary N) is 2. The summed E-state index contributed by atoms with van der Waals surface area (Å²) in [4.78, 5) is 0. The molecule has 0 amide bonds. The average Bonchev–Trinajstić information content (AvgIpc) is 2.09. The Balaban J connectivity index is 2.56. The van der Waals surface area contributed by atoms with E-state index < -0.39 is 0 Å². The first kappa shape index (κ1) is 11.6. The molecule has 1 saturated carbocycles. The van der Waals surface area contributed by atoms with Gasteiger partial charge in [0.2, 0.25) is 5.96 Å². The van der Waals surface area contributed by atoms with Crippen LogP contribution in [0.2, 0.25) is 0 Å². The van der Waals surface area contributed by atoms with Crippen LogP contribution in [0.4, 0.5) is 0 Å². The van der Waals surface area contributed by atoms with E-state index in [1.165, 1.54) is 0 Å². The molecular weight excluding hydrogens is 223 g/mol. The van der Waals surface area contributed by atoms with Gasteiger partial charge < -0.3 is 11.5 Å². The fourth-order valence-electron chi connectivity index (χ4n) is 1.48. The first-order valence-corrected chi connectivity index (χ1v) is 5.38. The Labute approximate surface area is 93.3 Å². The first-order chi connectivity index (χ1) is 6.61. The Morgan fingerprint density at radius 2 is 1.79 bits per heavy atom. The molecule has 0 heterocycles. The standard InChI is InChI=1S/C8H14Cl2N4/c9-6-2-1-3-7(10)5(6)4-13-14-8(11)12/h4-7H,1-3H2,(H4,11,12,14)/b13-4+. The topological polar surface area (TPSA) is 76.8 Å². The molecule has 0 aliphatic heterocycles. The van der Waals surface area contributed by atoms with Gasteiger partial charge in [0, 0.05) is 22.9 Å². The molecule has 1 aliphatic carbocycles. The number of halogens is 2. The largest absolute Gasteiger partial charge is 0.369 e. The second kappa shape index (κ2) is 5.41. The van der Waals surface area contributed by atoms with Gasteiger partial charge in [-0.2, -0.15) is 5.10 Å². The maximum atomic E-state index is 6.11. The number of hydrogen-bond acceptors (Lipinski definition) is 2. The van der Waals surface area contributed by atoms with Crippen molar-refractivity contribution in [1.82, 2.24) is 0 Å². The summed E-state index contributed by atoms with van der Waals surface area (Å²) in [6.45, 7) is 0. The van der Waals surface area contributed by atoms with Crippen molar-refractivity contribution >= 4 is 35.4 Å². The van der Waals surface area contributed by atoms with Gasteiger partial charge in [0.05, 0.1) is 0 Å². The van der Waals surface area contributed by atoms with Crippen LogP contribution in [0.5, 0.6) is 0 Å². The van der Waals surface area contributed by atoms with E-state index in [0.717, 1.165) is 19.3 Å². The molecule has 0 saturated heterocycles. The second-order valence-corrected chi connectivity index (χ2v) is 4.45. The van der Waals surface area contributed by atoms with Crippen molar-refractivity contribution in [1.29, 1.82) is 0 Å². The van der Waals surface area contributed by atoms with Crippen molar-refractivity contribution in [3.05, 3.63) is 0 Å². The zero-order chi connectivity index (χ0) is 10.6. The Morgan fingerprint density at radius 3 is 2.29 bits per heavy atom. The maximum Gasteiger partial charge on any atom is 0.211 e. The van der Waals surface area contributed by atoms with Gasteiger partial charge in [-0.25, -0.2) is 0 Å². The molecule has 1 fully saturated rings. The third-order valence-electron chi connectivity index (χ3n) is 2.21. The van der Waals surface area contributed by atoms with Crippen molar-refractivity contribution in [3.63, 3.8) is 0 Å². The molecule has 4 N–H and O–H groups in total. The van der Waals surface area contributed by atoms with Crippen LogP contribution in [0.15, 0.2) is 10.2 Å². The van der Waals surface area contributed by atoms with E-state index in [2.05, 4.69) is 10.2 Å². The van der Waals surface area contributed by atoms with Gasteiger partial charge in [-0.15, -0.1) is 28.3 Å². The summed E-state index contributed by atoms with van der Waals surface area (Å²) in [5.74, 6) is -0.00973. The Hall–Kier alpha value is -0.480. The summed E-state index contributed by atoms with van der Waals surface area (Å²) in [6, 6.07) is 0. The molecule has 2 atom stereocenters. The molecule has 4 nitrogen and oxygen atoms in total.